The lowest BCUT2D eigenvalue weighted by molar-refractivity contribution is -0.115. The molecule has 4 rings (SSSR count). The summed E-state index contributed by atoms with van der Waals surface area (Å²) in [7, 11) is 0. The molecule has 6 nitrogen and oxygen atoms in total. The number of hydrogen-bond donors (Lipinski definition) is 2. The number of fused-ring (bicyclic) bond motifs is 1. The predicted molar refractivity (Wildman–Crippen MR) is 120 cm³/mol. The number of thiazole rings is 1. The predicted octanol–water partition coefficient (Wildman–Crippen LogP) is 4.52. The van der Waals surface area contributed by atoms with Gasteiger partial charge in [0.1, 0.15) is 0 Å². The van der Waals surface area contributed by atoms with E-state index in [0.717, 1.165) is 16.5 Å². The molecule has 0 atom stereocenters. The molecular formula is C23H18N4O2S. The van der Waals surface area contributed by atoms with Crippen molar-refractivity contribution in [3.05, 3.63) is 89.6 Å². The van der Waals surface area contributed by atoms with Crippen molar-refractivity contribution in [1.82, 2.24) is 9.97 Å². The third-order valence-electron chi connectivity index (χ3n) is 4.27. The molecule has 2 aromatic heterocycles. The summed E-state index contributed by atoms with van der Waals surface area (Å²) < 4.78 is 0. The van der Waals surface area contributed by atoms with Crippen molar-refractivity contribution < 1.29 is 9.59 Å². The lowest BCUT2D eigenvalue weighted by Gasteiger charge is -2.07. The number of nitrogens with zero attached hydrogens (tertiary/aromatic N) is 2. The molecule has 0 aliphatic rings. The second kappa shape index (κ2) is 9.11. The van der Waals surface area contributed by atoms with Gasteiger partial charge in [0.05, 0.1) is 23.3 Å². The largest absolute Gasteiger partial charge is 0.325 e. The minimum Gasteiger partial charge on any atom is -0.325 e. The van der Waals surface area contributed by atoms with Crippen molar-refractivity contribution in [2.45, 2.75) is 6.42 Å². The second-order valence-corrected chi connectivity index (χ2v) is 7.34. The van der Waals surface area contributed by atoms with Crippen LogP contribution in [0.25, 0.3) is 17.0 Å². The molecule has 0 saturated carbocycles. The Hall–Kier alpha value is -3.84. The molecule has 2 amide bonds. The van der Waals surface area contributed by atoms with Crippen LogP contribution in [0.4, 0.5) is 10.8 Å². The van der Waals surface area contributed by atoms with Crippen LogP contribution in [0.15, 0.2) is 78.3 Å². The lowest BCUT2D eigenvalue weighted by Crippen LogP contribution is -2.15. The van der Waals surface area contributed by atoms with Crippen molar-refractivity contribution in [2.24, 2.45) is 0 Å². The van der Waals surface area contributed by atoms with Crippen molar-refractivity contribution in [3.8, 4) is 0 Å². The first-order chi connectivity index (χ1) is 14.7. The molecule has 0 fully saturated rings. The van der Waals surface area contributed by atoms with Crippen molar-refractivity contribution in [3.63, 3.8) is 0 Å². The van der Waals surface area contributed by atoms with Crippen LogP contribution in [0.2, 0.25) is 0 Å². The first-order valence-electron chi connectivity index (χ1n) is 9.29. The molecule has 0 unspecified atom stereocenters. The summed E-state index contributed by atoms with van der Waals surface area (Å²) in [5.41, 5.74) is 3.06. The van der Waals surface area contributed by atoms with Crippen LogP contribution in [0, 0.1) is 0 Å². The molecule has 0 spiro atoms. The number of amides is 2. The minimum absolute atomic E-state index is 0.114. The van der Waals surface area contributed by atoms with Gasteiger partial charge in [0.15, 0.2) is 5.13 Å². The van der Waals surface area contributed by atoms with Crippen LogP contribution >= 0.6 is 11.3 Å². The zero-order valence-corrected chi connectivity index (χ0v) is 16.7. The van der Waals surface area contributed by atoms with E-state index in [9.17, 15) is 9.59 Å². The molecule has 0 saturated heterocycles. The maximum Gasteiger partial charge on any atom is 0.250 e. The Bertz CT molecular complexity index is 1210. The molecule has 4 aromatic rings. The Morgan fingerprint density at radius 2 is 1.83 bits per heavy atom. The Kier molecular flexibility index (Phi) is 5.91. The standard InChI is InChI=1S/C23H18N4O2S/c28-21(12-11-16-6-2-1-3-7-16)27-23-25-17(15-30-23)14-22(29)26-20-10-4-9-19-18(20)8-5-13-24-19/h1-13,15H,14H2,(H,26,29)(H,25,27,28)/b12-11+. The van der Waals surface area contributed by atoms with E-state index in [2.05, 4.69) is 20.6 Å². The molecule has 2 heterocycles. The fourth-order valence-electron chi connectivity index (χ4n) is 2.90. The maximum absolute atomic E-state index is 12.5. The van der Waals surface area contributed by atoms with E-state index >= 15 is 0 Å². The van der Waals surface area contributed by atoms with E-state index in [-0.39, 0.29) is 18.2 Å². The molecule has 30 heavy (non-hydrogen) atoms. The van der Waals surface area contributed by atoms with Crippen LogP contribution in [0.5, 0.6) is 0 Å². The molecule has 2 aromatic carbocycles. The van der Waals surface area contributed by atoms with Gasteiger partial charge in [-0.2, -0.15) is 0 Å². The first kappa shape index (κ1) is 19.5. The van der Waals surface area contributed by atoms with Gasteiger partial charge < -0.3 is 5.32 Å². The number of hydrogen-bond acceptors (Lipinski definition) is 5. The van der Waals surface area contributed by atoms with Gasteiger partial charge in [-0.3, -0.25) is 19.9 Å². The highest BCUT2D eigenvalue weighted by atomic mass is 32.1. The number of carbonyl (C=O) groups excluding carboxylic acids is 2. The molecule has 0 bridgehead atoms. The number of carbonyl (C=O) groups is 2. The van der Waals surface area contributed by atoms with Crippen LogP contribution < -0.4 is 10.6 Å². The quantitative estimate of drug-likeness (QED) is 0.454. The number of aromatic nitrogens is 2. The van der Waals surface area contributed by atoms with Gasteiger partial charge >= 0.3 is 0 Å². The van der Waals surface area contributed by atoms with Gasteiger partial charge in [-0.15, -0.1) is 11.3 Å². The third-order valence-corrected chi connectivity index (χ3v) is 5.08. The maximum atomic E-state index is 12.5. The van der Waals surface area contributed by atoms with Crippen LogP contribution in [-0.4, -0.2) is 21.8 Å². The highest BCUT2D eigenvalue weighted by Gasteiger charge is 2.11. The zero-order valence-electron chi connectivity index (χ0n) is 15.9. The van der Waals surface area contributed by atoms with E-state index < -0.39 is 0 Å². The minimum atomic E-state index is -0.271. The highest BCUT2D eigenvalue weighted by Crippen LogP contribution is 2.22. The van der Waals surface area contributed by atoms with E-state index in [1.807, 2.05) is 60.7 Å². The van der Waals surface area contributed by atoms with Gasteiger partial charge in [0.25, 0.3) is 0 Å². The Morgan fingerprint density at radius 1 is 0.967 bits per heavy atom. The van der Waals surface area contributed by atoms with Crippen LogP contribution in [0.3, 0.4) is 0 Å². The normalized spacial score (nSPS) is 10.9. The fourth-order valence-corrected chi connectivity index (χ4v) is 3.61. The van der Waals surface area contributed by atoms with Gasteiger partial charge in [-0.1, -0.05) is 36.4 Å². The lowest BCUT2D eigenvalue weighted by atomic mass is 10.2. The summed E-state index contributed by atoms with van der Waals surface area (Å²) in [6, 6.07) is 18.9. The third kappa shape index (κ3) is 4.95. The average molecular weight is 414 g/mol. The summed E-state index contributed by atoms with van der Waals surface area (Å²) in [6.07, 6.45) is 5.02. The van der Waals surface area contributed by atoms with Gasteiger partial charge in [-0.05, 0) is 35.9 Å². The number of nitrogens with one attached hydrogen (secondary N) is 2. The monoisotopic (exact) mass is 414 g/mol. The Balaban J connectivity index is 1.35. The number of rotatable bonds is 6. The molecule has 2 N–H and O–H groups in total. The van der Waals surface area contributed by atoms with Crippen molar-refractivity contribution in [1.29, 1.82) is 0 Å². The average Bonchev–Trinajstić information content (AvgIpc) is 3.19. The first-order valence-corrected chi connectivity index (χ1v) is 10.2. The summed E-state index contributed by atoms with van der Waals surface area (Å²) >= 11 is 1.28. The molecule has 7 heteroatoms. The topological polar surface area (TPSA) is 84.0 Å². The number of pyridine rings is 1. The smallest absolute Gasteiger partial charge is 0.250 e. The van der Waals surface area contributed by atoms with Crippen LogP contribution in [0.1, 0.15) is 11.3 Å². The van der Waals surface area contributed by atoms with Gasteiger partial charge in [-0.25, -0.2) is 4.98 Å². The second-order valence-electron chi connectivity index (χ2n) is 6.48. The molecule has 0 radical (unpaired) electrons. The molecule has 148 valence electrons. The summed E-state index contributed by atoms with van der Waals surface area (Å²) in [5.74, 6) is -0.453. The molecule has 0 aliphatic carbocycles. The molecular weight excluding hydrogens is 396 g/mol. The van der Waals surface area contributed by atoms with E-state index in [0.29, 0.717) is 16.5 Å². The van der Waals surface area contributed by atoms with E-state index in [4.69, 9.17) is 0 Å². The van der Waals surface area contributed by atoms with E-state index in [1.165, 1.54) is 17.4 Å². The van der Waals surface area contributed by atoms with Gasteiger partial charge in [0.2, 0.25) is 11.8 Å². The van der Waals surface area contributed by atoms with Crippen LogP contribution in [-0.2, 0) is 16.0 Å². The number of benzene rings is 2. The number of anilines is 2. The van der Waals surface area contributed by atoms with E-state index in [1.54, 1.807) is 17.7 Å². The Labute approximate surface area is 177 Å². The Morgan fingerprint density at radius 3 is 2.70 bits per heavy atom. The van der Waals surface area contributed by atoms with Crippen molar-refractivity contribution in [2.75, 3.05) is 10.6 Å². The van der Waals surface area contributed by atoms with Gasteiger partial charge in [0, 0.05) is 23.0 Å². The highest BCUT2D eigenvalue weighted by molar-refractivity contribution is 7.14. The molecule has 0 aliphatic heterocycles. The fraction of sp³-hybridized carbons (Fsp3) is 0.0435. The summed E-state index contributed by atoms with van der Waals surface area (Å²) in [4.78, 5) is 33.1. The summed E-state index contributed by atoms with van der Waals surface area (Å²) in [5, 5.41) is 8.73. The zero-order chi connectivity index (χ0) is 20.8. The summed E-state index contributed by atoms with van der Waals surface area (Å²) in [6.45, 7) is 0. The van der Waals surface area contributed by atoms with Crippen molar-refractivity contribution >= 4 is 50.9 Å². The SMILES string of the molecule is O=C(/C=C/c1ccccc1)Nc1nc(CC(=O)Nc2cccc3ncccc23)cs1.